The maximum Gasteiger partial charge on any atom is 0.407 e. The minimum absolute atomic E-state index is 0.301. The first-order valence-electron chi connectivity index (χ1n) is 10.3. The van der Waals surface area contributed by atoms with Gasteiger partial charge in [0, 0.05) is 40.8 Å². The second kappa shape index (κ2) is 9.86. The molecule has 1 saturated heterocycles. The molecule has 9 nitrogen and oxygen atoms in total. The van der Waals surface area contributed by atoms with Gasteiger partial charge in [0.05, 0.1) is 18.3 Å². The van der Waals surface area contributed by atoms with Crippen LogP contribution in [-0.2, 0) is 4.79 Å². The number of halogens is 1. The average molecular weight is 512 g/mol. The summed E-state index contributed by atoms with van der Waals surface area (Å²) in [4.78, 5) is 33.8. The van der Waals surface area contributed by atoms with Crippen LogP contribution in [0.2, 0.25) is 0 Å². The van der Waals surface area contributed by atoms with Crippen molar-refractivity contribution in [2.24, 2.45) is 0 Å². The Balaban J connectivity index is 1.58. The Morgan fingerprint density at radius 1 is 1.18 bits per heavy atom. The standard InChI is InChI=1S/C23H22BrN5O4/c1-33-20-12-18-17(22(26-13-25-18)27-16-4-2-3-15(24)10-16)11-19(20)28-21(30)9-14-5-7-29(8-6-14)23(31)32/h2-4,9-13H,5-8H2,1H3,(H,28,30)(H,31,32)(H,25,26,27). The van der Waals surface area contributed by atoms with E-state index in [0.717, 1.165) is 21.1 Å². The Hall–Kier alpha value is -3.66. The Morgan fingerprint density at radius 2 is 1.97 bits per heavy atom. The van der Waals surface area contributed by atoms with E-state index in [0.29, 0.717) is 48.7 Å². The largest absolute Gasteiger partial charge is 0.494 e. The number of piperidine rings is 1. The lowest BCUT2D eigenvalue weighted by Gasteiger charge is -2.25. The van der Waals surface area contributed by atoms with E-state index in [2.05, 4.69) is 36.5 Å². The summed E-state index contributed by atoms with van der Waals surface area (Å²) < 4.78 is 6.40. The van der Waals surface area contributed by atoms with E-state index in [4.69, 9.17) is 9.84 Å². The molecule has 0 radical (unpaired) electrons. The van der Waals surface area contributed by atoms with Crippen LogP contribution in [0.3, 0.4) is 0 Å². The number of nitrogens with zero attached hydrogens (tertiary/aromatic N) is 3. The third-order valence-electron chi connectivity index (χ3n) is 5.31. The maximum atomic E-state index is 12.7. The van der Waals surface area contributed by atoms with Gasteiger partial charge in [-0.1, -0.05) is 27.6 Å². The number of benzene rings is 2. The second-order valence-electron chi connectivity index (χ2n) is 7.49. The van der Waals surface area contributed by atoms with Crippen LogP contribution in [-0.4, -0.2) is 52.2 Å². The van der Waals surface area contributed by atoms with Gasteiger partial charge in [-0.2, -0.15) is 0 Å². The molecule has 1 aliphatic rings. The molecule has 33 heavy (non-hydrogen) atoms. The molecule has 170 valence electrons. The molecule has 3 aromatic rings. The molecular formula is C23H22BrN5O4. The van der Waals surface area contributed by atoms with E-state index in [1.807, 2.05) is 24.3 Å². The number of ether oxygens (including phenoxy) is 1. The summed E-state index contributed by atoms with van der Waals surface area (Å²) in [5.41, 5.74) is 2.91. The molecule has 4 rings (SSSR count). The zero-order valence-corrected chi connectivity index (χ0v) is 19.4. The molecule has 0 spiro atoms. The molecule has 2 aromatic carbocycles. The SMILES string of the molecule is COc1cc2ncnc(Nc3cccc(Br)c3)c2cc1NC(=O)C=C1CCN(C(=O)O)CC1. The summed E-state index contributed by atoms with van der Waals surface area (Å²) in [6.07, 6.45) is 3.12. The number of carbonyl (C=O) groups excluding carboxylic acids is 1. The van der Waals surface area contributed by atoms with Crippen molar-refractivity contribution in [3.05, 3.63) is 58.8 Å². The number of hydrogen-bond acceptors (Lipinski definition) is 6. The topological polar surface area (TPSA) is 117 Å². The highest BCUT2D eigenvalue weighted by atomic mass is 79.9. The highest BCUT2D eigenvalue weighted by molar-refractivity contribution is 9.10. The van der Waals surface area contributed by atoms with E-state index >= 15 is 0 Å². The molecule has 0 aliphatic carbocycles. The third kappa shape index (κ3) is 5.40. The number of rotatable bonds is 5. The van der Waals surface area contributed by atoms with Crippen molar-refractivity contribution in [2.45, 2.75) is 12.8 Å². The highest BCUT2D eigenvalue weighted by Gasteiger charge is 2.19. The van der Waals surface area contributed by atoms with Gasteiger partial charge >= 0.3 is 6.09 Å². The Kier molecular flexibility index (Phi) is 6.74. The van der Waals surface area contributed by atoms with E-state index in [-0.39, 0.29) is 5.91 Å². The average Bonchev–Trinajstić information content (AvgIpc) is 2.79. The van der Waals surface area contributed by atoms with Gasteiger partial charge in [-0.05, 0) is 37.1 Å². The molecule has 0 saturated carbocycles. The lowest BCUT2D eigenvalue weighted by atomic mass is 10.0. The quantitative estimate of drug-likeness (QED) is 0.421. The number of likely N-dealkylation sites (tertiary alicyclic amines) is 1. The van der Waals surface area contributed by atoms with Crippen molar-refractivity contribution in [1.82, 2.24) is 14.9 Å². The molecule has 3 N–H and O–H groups in total. The number of amides is 2. The summed E-state index contributed by atoms with van der Waals surface area (Å²) in [5.74, 6) is 0.766. The number of nitrogens with one attached hydrogen (secondary N) is 2. The number of carboxylic acid groups (broad SMARTS) is 1. The maximum absolute atomic E-state index is 12.7. The minimum Gasteiger partial charge on any atom is -0.494 e. The molecule has 1 aliphatic heterocycles. The molecule has 10 heteroatoms. The zero-order chi connectivity index (χ0) is 23.4. The predicted molar refractivity (Wildman–Crippen MR) is 129 cm³/mol. The molecule has 0 unspecified atom stereocenters. The van der Waals surface area contributed by atoms with Crippen LogP contribution in [0.1, 0.15) is 12.8 Å². The summed E-state index contributed by atoms with van der Waals surface area (Å²) in [6.45, 7) is 0.769. The molecular weight excluding hydrogens is 490 g/mol. The fourth-order valence-electron chi connectivity index (χ4n) is 3.64. The van der Waals surface area contributed by atoms with Crippen molar-refractivity contribution < 1.29 is 19.4 Å². The van der Waals surface area contributed by atoms with Gasteiger partial charge in [0.1, 0.15) is 17.9 Å². The monoisotopic (exact) mass is 511 g/mol. The van der Waals surface area contributed by atoms with Crippen molar-refractivity contribution in [1.29, 1.82) is 0 Å². The van der Waals surface area contributed by atoms with Crippen molar-refractivity contribution in [3.8, 4) is 5.75 Å². The second-order valence-corrected chi connectivity index (χ2v) is 8.40. The van der Waals surface area contributed by atoms with Gasteiger partial charge in [-0.3, -0.25) is 4.79 Å². The molecule has 0 atom stereocenters. The first-order valence-corrected chi connectivity index (χ1v) is 11.1. The van der Waals surface area contributed by atoms with Crippen LogP contribution < -0.4 is 15.4 Å². The molecule has 1 fully saturated rings. The van der Waals surface area contributed by atoms with Crippen LogP contribution in [0.5, 0.6) is 5.75 Å². The molecule has 1 aromatic heterocycles. The first-order chi connectivity index (χ1) is 15.9. The van der Waals surface area contributed by atoms with E-state index in [1.54, 1.807) is 12.1 Å². The lowest BCUT2D eigenvalue weighted by Crippen LogP contribution is -2.35. The minimum atomic E-state index is -0.936. The Bertz CT molecular complexity index is 1240. The van der Waals surface area contributed by atoms with E-state index < -0.39 is 6.09 Å². The summed E-state index contributed by atoms with van der Waals surface area (Å²) in [6, 6.07) is 11.2. The lowest BCUT2D eigenvalue weighted by molar-refractivity contribution is -0.112. The van der Waals surface area contributed by atoms with Gasteiger partial charge in [-0.15, -0.1) is 0 Å². The molecule has 0 bridgehead atoms. The van der Waals surface area contributed by atoms with Gasteiger partial charge in [0.25, 0.3) is 0 Å². The highest BCUT2D eigenvalue weighted by Crippen LogP contribution is 2.33. The molecule has 2 amide bonds. The van der Waals surface area contributed by atoms with Crippen LogP contribution in [0.4, 0.5) is 22.0 Å². The summed E-state index contributed by atoms with van der Waals surface area (Å²) >= 11 is 3.46. The van der Waals surface area contributed by atoms with Crippen molar-refractivity contribution in [2.75, 3.05) is 30.8 Å². The van der Waals surface area contributed by atoms with Crippen molar-refractivity contribution in [3.63, 3.8) is 0 Å². The fourth-order valence-corrected chi connectivity index (χ4v) is 4.04. The summed E-state index contributed by atoms with van der Waals surface area (Å²) in [7, 11) is 1.53. The normalized spacial score (nSPS) is 13.5. The van der Waals surface area contributed by atoms with Crippen LogP contribution in [0, 0.1) is 0 Å². The number of methoxy groups -OCH3 is 1. The summed E-state index contributed by atoms with van der Waals surface area (Å²) in [5, 5.41) is 15.9. The number of hydrogen-bond donors (Lipinski definition) is 3. The fraction of sp³-hybridized carbons (Fsp3) is 0.217. The number of aromatic nitrogens is 2. The number of fused-ring (bicyclic) bond motifs is 1. The van der Waals surface area contributed by atoms with Gasteiger partial charge < -0.3 is 25.4 Å². The Labute approximate surface area is 198 Å². The van der Waals surface area contributed by atoms with Gasteiger partial charge in [0.2, 0.25) is 5.91 Å². The smallest absolute Gasteiger partial charge is 0.407 e. The number of anilines is 3. The Morgan fingerprint density at radius 3 is 2.67 bits per heavy atom. The van der Waals surface area contributed by atoms with Gasteiger partial charge in [-0.25, -0.2) is 14.8 Å². The van der Waals surface area contributed by atoms with E-state index in [1.165, 1.54) is 24.4 Å². The zero-order valence-electron chi connectivity index (χ0n) is 17.8. The van der Waals surface area contributed by atoms with Gasteiger partial charge in [0.15, 0.2) is 0 Å². The third-order valence-corrected chi connectivity index (χ3v) is 5.81. The van der Waals surface area contributed by atoms with Crippen LogP contribution in [0.15, 0.2) is 58.8 Å². The number of carbonyl (C=O) groups is 2. The van der Waals surface area contributed by atoms with Crippen LogP contribution >= 0.6 is 15.9 Å². The first kappa shape index (κ1) is 22.5. The van der Waals surface area contributed by atoms with Crippen molar-refractivity contribution >= 4 is 56.0 Å². The molecule has 2 heterocycles. The van der Waals surface area contributed by atoms with Crippen LogP contribution in [0.25, 0.3) is 10.9 Å². The van der Waals surface area contributed by atoms with E-state index in [9.17, 15) is 9.59 Å². The predicted octanol–water partition coefficient (Wildman–Crippen LogP) is 4.78.